The van der Waals surface area contributed by atoms with Crippen molar-refractivity contribution in [3.05, 3.63) is 29.8 Å². The lowest BCUT2D eigenvalue weighted by Crippen LogP contribution is -2.47. The molecule has 1 aromatic heterocycles. The quantitative estimate of drug-likeness (QED) is 0.921. The summed E-state index contributed by atoms with van der Waals surface area (Å²) in [6.07, 6.45) is 3.19. The van der Waals surface area contributed by atoms with Gasteiger partial charge in [-0.25, -0.2) is 9.37 Å². The van der Waals surface area contributed by atoms with Crippen molar-refractivity contribution in [2.24, 2.45) is 5.41 Å². The highest BCUT2D eigenvalue weighted by Gasteiger charge is 2.40. The number of piperidine rings is 1. The van der Waals surface area contributed by atoms with Crippen LogP contribution in [0.3, 0.4) is 0 Å². The predicted molar refractivity (Wildman–Crippen MR) is 89.4 cm³/mol. The largest absolute Gasteiger partial charge is 0.381 e. The first kappa shape index (κ1) is 16.5. The van der Waals surface area contributed by atoms with Crippen LogP contribution in [0, 0.1) is 11.2 Å². The van der Waals surface area contributed by atoms with E-state index in [9.17, 15) is 9.18 Å². The van der Waals surface area contributed by atoms with Crippen molar-refractivity contribution in [3.8, 4) is 0 Å². The molecule has 25 heavy (non-hydrogen) atoms. The van der Waals surface area contributed by atoms with Crippen molar-refractivity contribution in [1.29, 1.82) is 0 Å². The first-order valence-electron chi connectivity index (χ1n) is 8.71. The standard InChI is InChI=1S/C18H22FN3O3/c19-13-2-3-14-15(8-13)21-16(20-14)9-25-10-17(23)22-6-1-4-18(11-22)5-7-24-12-18/h2-3,8H,1,4-7,9-12H2,(H,20,21)/t18-/m1/s1. The third-order valence-electron chi connectivity index (χ3n) is 5.16. The molecule has 2 aliphatic heterocycles. The van der Waals surface area contributed by atoms with Gasteiger partial charge < -0.3 is 19.4 Å². The molecule has 1 amide bonds. The molecular weight excluding hydrogens is 325 g/mol. The Morgan fingerprint density at radius 1 is 1.44 bits per heavy atom. The first-order chi connectivity index (χ1) is 12.1. The van der Waals surface area contributed by atoms with Crippen LogP contribution in [0.5, 0.6) is 0 Å². The number of H-pyrrole nitrogens is 1. The van der Waals surface area contributed by atoms with Crippen molar-refractivity contribution in [2.45, 2.75) is 25.9 Å². The van der Waals surface area contributed by atoms with E-state index in [2.05, 4.69) is 9.97 Å². The number of rotatable bonds is 4. The van der Waals surface area contributed by atoms with Crippen LogP contribution in [-0.4, -0.2) is 53.7 Å². The molecule has 1 N–H and O–H groups in total. The van der Waals surface area contributed by atoms with Gasteiger partial charge in [-0.3, -0.25) is 4.79 Å². The Hall–Kier alpha value is -1.99. The summed E-state index contributed by atoms with van der Waals surface area (Å²) in [5.41, 5.74) is 1.46. The van der Waals surface area contributed by atoms with Gasteiger partial charge in [-0.1, -0.05) is 0 Å². The molecule has 0 saturated carbocycles. The van der Waals surface area contributed by atoms with Crippen LogP contribution < -0.4 is 0 Å². The summed E-state index contributed by atoms with van der Waals surface area (Å²) in [5, 5.41) is 0. The molecule has 2 fully saturated rings. The summed E-state index contributed by atoms with van der Waals surface area (Å²) in [6, 6.07) is 4.39. The van der Waals surface area contributed by atoms with Gasteiger partial charge in [0.25, 0.3) is 0 Å². The molecule has 0 radical (unpaired) electrons. The van der Waals surface area contributed by atoms with Gasteiger partial charge in [-0.2, -0.15) is 0 Å². The molecule has 0 unspecified atom stereocenters. The smallest absolute Gasteiger partial charge is 0.248 e. The Bertz CT molecular complexity index is 770. The van der Waals surface area contributed by atoms with E-state index in [0.29, 0.717) is 16.9 Å². The van der Waals surface area contributed by atoms with E-state index in [1.54, 1.807) is 6.07 Å². The van der Waals surface area contributed by atoms with Crippen molar-refractivity contribution < 1.29 is 18.7 Å². The van der Waals surface area contributed by atoms with Crippen LogP contribution in [0.4, 0.5) is 4.39 Å². The van der Waals surface area contributed by atoms with E-state index in [1.165, 1.54) is 12.1 Å². The zero-order valence-corrected chi connectivity index (χ0v) is 14.1. The minimum absolute atomic E-state index is 0.00753. The van der Waals surface area contributed by atoms with Crippen LogP contribution in [0.25, 0.3) is 11.0 Å². The highest BCUT2D eigenvalue weighted by Crippen LogP contribution is 2.37. The van der Waals surface area contributed by atoms with Crippen molar-refractivity contribution in [2.75, 3.05) is 32.9 Å². The number of aromatic amines is 1. The number of carbonyl (C=O) groups excluding carboxylic acids is 1. The number of aromatic nitrogens is 2. The summed E-state index contributed by atoms with van der Waals surface area (Å²) in [4.78, 5) is 21.7. The topological polar surface area (TPSA) is 67.5 Å². The van der Waals surface area contributed by atoms with Gasteiger partial charge in [0.05, 0.1) is 17.6 Å². The number of carbonyl (C=O) groups is 1. The second-order valence-corrected chi connectivity index (χ2v) is 7.06. The average Bonchev–Trinajstić information content (AvgIpc) is 3.21. The number of hydrogen-bond donors (Lipinski definition) is 1. The van der Waals surface area contributed by atoms with Gasteiger partial charge in [0.2, 0.25) is 5.91 Å². The maximum absolute atomic E-state index is 13.2. The Balaban J connectivity index is 1.30. The van der Waals surface area contributed by atoms with Crippen LogP contribution in [0.2, 0.25) is 0 Å². The lowest BCUT2D eigenvalue weighted by atomic mass is 9.79. The molecular formula is C18H22FN3O3. The molecule has 0 bridgehead atoms. The molecule has 1 spiro atoms. The summed E-state index contributed by atoms with van der Waals surface area (Å²) >= 11 is 0. The fourth-order valence-corrected chi connectivity index (χ4v) is 3.82. The number of halogens is 1. The highest BCUT2D eigenvalue weighted by atomic mass is 19.1. The molecule has 2 aliphatic rings. The number of likely N-dealkylation sites (tertiary alicyclic amines) is 1. The number of nitrogens with zero attached hydrogens (tertiary/aromatic N) is 2. The van der Waals surface area contributed by atoms with Gasteiger partial charge in [-0.05, 0) is 37.5 Å². The minimum atomic E-state index is -0.311. The van der Waals surface area contributed by atoms with Crippen molar-refractivity contribution in [3.63, 3.8) is 0 Å². The number of imidazole rings is 1. The molecule has 7 heteroatoms. The minimum Gasteiger partial charge on any atom is -0.381 e. The maximum Gasteiger partial charge on any atom is 0.248 e. The fraction of sp³-hybridized carbons (Fsp3) is 0.556. The van der Waals surface area contributed by atoms with Crippen LogP contribution in [-0.2, 0) is 20.9 Å². The van der Waals surface area contributed by atoms with Crippen LogP contribution in [0.1, 0.15) is 25.1 Å². The number of benzene rings is 1. The molecule has 2 aromatic rings. The summed E-state index contributed by atoms with van der Waals surface area (Å²) in [6.45, 7) is 3.33. The summed E-state index contributed by atoms with van der Waals surface area (Å²) in [7, 11) is 0. The van der Waals surface area contributed by atoms with Gasteiger partial charge in [0.15, 0.2) is 0 Å². The molecule has 134 valence electrons. The molecule has 6 nitrogen and oxygen atoms in total. The van der Waals surface area contributed by atoms with Gasteiger partial charge in [0.1, 0.15) is 24.9 Å². The number of amides is 1. The summed E-state index contributed by atoms with van der Waals surface area (Å²) < 4.78 is 24.3. The van der Waals surface area contributed by atoms with E-state index in [0.717, 1.165) is 45.6 Å². The van der Waals surface area contributed by atoms with Crippen LogP contribution >= 0.6 is 0 Å². The SMILES string of the molecule is O=C(COCc1nc2ccc(F)cc2[nH]1)N1CCC[C@@]2(CCOC2)C1. The maximum atomic E-state index is 13.2. The Labute approximate surface area is 145 Å². The highest BCUT2D eigenvalue weighted by molar-refractivity contribution is 5.77. The lowest BCUT2D eigenvalue weighted by Gasteiger charge is -2.39. The van der Waals surface area contributed by atoms with E-state index < -0.39 is 0 Å². The third kappa shape index (κ3) is 3.52. The second kappa shape index (κ2) is 6.72. The van der Waals surface area contributed by atoms with E-state index in [4.69, 9.17) is 9.47 Å². The molecule has 4 rings (SSSR count). The molecule has 3 heterocycles. The second-order valence-electron chi connectivity index (χ2n) is 7.06. The fourth-order valence-electron chi connectivity index (χ4n) is 3.82. The third-order valence-corrected chi connectivity index (χ3v) is 5.16. The van der Waals surface area contributed by atoms with Gasteiger partial charge in [0, 0.05) is 25.1 Å². The first-order valence-corrected chi connectivity index (χ1v) is 8.71. The molecule has 2 saturated heterocycles. The Kier molecular flexibility index (Phi) is 4.43. The van der Waals surface area contributed by atoms with Crippen molar-refractivity contribution in [1.82, 2.24) is 14.9 Å². The number of ether oxygens (including phenoxy) is 2. The molecule has 0 aliphatic carbocycles. The molecule has 1 atom stereocenters. The Morgan fingerprint density at radius 2 is 2.36 bits per heavy atom. The number of nitrogens with one attached hydrogen (secondary N) is 1. The zero-order chi connectivity index (χ0) is 17.3. The predicted octanol–water partition coefficient (Wildman–Crippen LogP) is 2.25. The number of fused-ring (bicyclic) bond motifs is 1. The number of hydrogen-bond acceptors (Lipinski definition) is 4. The van der Waals surface area contributed by atoms with E-state index in [1.807, 2.05) is 4.90 Å². The van der Waals surface area contributed by atoms with Crippen molar-refractivity contribution >= 4 is 16.9 Å². The summed E-state index contributed by atoms with van der Waals surface area (Å²) in [5.74, 6) is 0.287. The van der Waals surface area contributed by atoms with Gasteiger partial charge in [-0.15, -0.1) is 0 Å². The zero-order valence-electron chi connectivity index (χ0n) is 14.1. The average molecular weight is 347 g/mol. The lowest BCUT2D eigenvalue weighted by molar-refractivity contribution is -0.140. The molecule has 1 aromatic carbocycles. The van der Waals surface area contributed by atoms with E-state index in [-0.39, 0.29) is 30.4 Å². The monoisotopic (exact) mass is 347 g/mol. The van der Waals surface area contributed by atoms with E-state index >= 15 is 0 Å². The van der Waals surface area contributed by atoms with Gasteiger partial charge >= 0.3 is 0 Å². The normalized spacial score (nSPS) is 23.6. The van der Waals surface area contributed by atoms with Crippen LogP contribution in [0.15, 0.2) is 18.2 Å². The Morgan fingerprint density at radius 3 is 3.20 bits per heavy atom.